The Morgan fingerprint density at radius 1 is 1.28 bits per heavy atom. The smallest absolute Gasteiger partial charge is 0.294 e. The Bertz CT molecular complexity index is 1310. The molecule has 0 spiro atoms. The fourth-order valence-corrected chi connectivity index (χ4v) is 3.66. The Labute approximate surface area is 178 Å². The van der Waals surface area contributed by atoms with Gasteiger partial charge in [0, 0.05) is 21.1 Å². The number of likely N-dealkylation sites (N-methyl/N-ethyl adjacent to an activating group) is 1. The molecule has 0 radical (unpaired) electrons. The monoisotopic (exact) mass is 474 g/mol. The number of furan rings is 1. The Hall–Kier alpha value is -2.68. The molecule has 0 bridgehead atoms. The lowest BCUT2D eigenvalue weighted by Gasteiger charge is -2.11. The summed E-state index contributed by atoms with van der Waals surface area (Å²) < 4.78 is 6.50. The molecule has 7 nitrogen and oxygen atoms in total. The minimum Gasteiger partial charge on any atom is -0.449 e. The fourth-order valence-electron chi connectivity index (χ4n) is 3.03. The molecular weight excluding hydrogens is 460 g/mol. The van der Waals surface area contributed by atoms with Gasteiger partial charge in [0.1, 0.15) is 16.9 Å². The van der Waals surface area contributed by atoms with Crippen LogP contribution >= 0.6 is 27.5 Å². The summed E-state index contributed by atoms with van der Waals surface area (Å²) in [5, 5.41) is 3.86. The van der Waals surface area contributed by atoms with E-state index in [4.69, 9.17) is 16.0 Å². The molecule has 0 aliphatic heterocycles. The molecule has 29 heavy (non-hydrogen) atoms. The van der Waals surface area contributed by atoms with E-state index in [-0.39, 0.29) is 18.0 Å². The van der Waals surface area contributed by atoms with E-state index in [1.807, 2.05) is 26.2 Å². The van der Waals surface area contributed by atoms with Crippen LogP contribution in [0.1, 0.15) is 0 Å². The zero-order chi connectivity index (χ0) is 20.7. The first-order chi connectivity index (χ1) is 13.8. The van der Waals surface area contributed by atoms with Crippen molar-refractivity contribution in [3.8, 4) is 11.4 Å². The van der Waals surface area contributed by atoms with Crippen LogP contribution in [0.5, 0.6) is 0 Å². The largest absolute Gasteiger partial charge is 0.449 e. The molecule has 4 rings (SSSR count). The second kappa shape index (κ2) is 7.62. The van der Waals surface area contributed by atoms with Gasteiger partial charge in [-0.15, -0.1) is 0 Å². The normalized spacial score (nSPS) is 11.5. The molecule has 1 amide bonds. The lowest BCUT2D eigenvalue weighted by molar-refractivity contribution is -0.116. The lowest BCUT2D eigenvalue weighted by atomic mass is 10.1. The number of amides is 1. The summed E-state index contributed by atoms with van der Waals surface area (Å²) in [4.78, 5) is 33.5. The molecule has 0 saturated heterocycles. The van der Waals surface area contributed by atoms with Crippen LogP contribution in [-0.4, -0.2) is 41.4 Å². The first kappa shape index (κ1) is 19.6. The number of carbonyl (C=O) groups is 1. The van der Waals surface area contributed by atoms with Crippen LogP contribution in [0, 0.1) is 0 Å². The zero-order valence-corrected chi connectivity index (χ0v) is 17.9. The molecular formula is C20H16BrClN4O3. The number of nitrogens with zero attached hydrogens (tertiary/aromatic N) is 2. The third-order valence-electron chi connectivity index (χ3n) is 4.25. The molecule has 0 fully saturated rings. The van der Waals surface area contributed by atoms with Gasteiger partial charge in [-0.05, 0) is 50.5 Å². The average Bonchev–Trinajstić information content (AvgIpc) is 2.99. The van der Waals surface area contributed by atoms with Crippen molar-refractivity contribution >= 4 is 61.2 Å². The number of fused-ring (bicyclic) bond motifs is 3. The number of aromatic nitrogens is 2. The highest BCUT2D eigenvalue weighted by atomic mass is 79.9. The molecule has 9 heteroatoms. The van der Waals surface area contributed by atoms with Crippen molar-refractivity contribution in [2.24, 2.45) is 0 Å². The van der Waals surface area contributed by atoms with Gasteiger partial charge in [0.2, 0.25) is 11.5 Å². The third kappa shape index (κ3) is 3.91. The van der Waals surface area contributed by atoms with Crippen LogP contribution in [-0.2, 0) is 4.79 Å². The number of hydrogen-bond acceptors (Lipinski definition) is 5. The van der Waals surface area contributed by atoms with Gasteiger partial charge >= 0.3 is 0 Å². The van der Waals surface area contributed by atoms with E-state index in [0.29, 0.717) is 33.2 Å². The number of nitrogens with one attached hydrogen (secondary N) is 2. The molecule has 2 heterocycles. The van der Waals surface area contributed by atoms with E-state index in [2.05, 4.69) is 31.2 Å². The highest BCUT2D eigenvalue weighted by Gasteiger charge is 2.16. The molecule has 0 atom stereocenters. The standard InChI is InChI=1S/C20H16BrClN4O3/c1-26(2)9-16(27)23-11-4-5-12(14(22)8-11)19-24-17-13-7-10(21)3-6-15(13)29-18(17)20(28)25-19/h3-8H,9H2,1-2H3,(H,23,27)(H,24,25,28). The van der Waals surface area contributed by atoms with Crippen molar-refractivity contribution in [1.82, 2.24) is 14.9 Å². The number of carbonyl (C=O) groups excluding carboxylic acids is 1. The summed E-state index contributed by atoms with van der Waals surface area (Å²) in [6.07, 6.45) is 0. The number of rotatable bonds is 4. The Morgan fingerprint density at radius 3 is 2.79 bits per heavy atom. The minimum atomic E-state index is -0.392. The summed E-state index contributed by atoms with van der Waals surface area (Å²) in [5.74, 6) is 0.170. The summed E-state index contributed by atoms with van der Waals surface area (Å²) >= 11 is 9.84. The fraction of sp³-hybridized carbons (Fsp3) is 0.150. The van der Waals surface area contributed by atoms with E-state index in [1.54, 1.807) is 29.2 Å². The van der Waals surface area contributed by atoms with Gasteiger partial charge in [0.05, 0.1) is 11.6 Å². The molecule has 148 valence electrons. The van der Waals surface area contributed by atoms with Gasteiger partial charge in [-0.2, -0.15) is 0 Å². The summed E-state index contributed by atoms with van der Waals surface area (Å²) in [5.41, 5.74) is 1.90. The second-order valence-corrected chi connectivity index (χ2v) is 8.14. The molecule has 0 aliphatic carbocycles. The van der Waals surface area contributed by atoms with Gasteiger partial charge in [-0.3, -0.25) is 9.59 Å². The predicted octanol–water partition coefficient (Wildman–Crippen LogP) is 4.25. The second-order valence-electron chi connectivity index (χ2n) is 6.82. The number of H-pyrrole nitrogens is 1. The van der Waals surface area contributed by atoms with Crippen LogP contribution in [0.15, 0.2) is 50.1 Å². The van der Waals surface area contributed by atoms with Crippen molar-refractivity contribution in [2.75, 3.05) is 26.0 Å². The molecule has 0 saturated carbocycles. The van der Waals surface area contributed by atoms with Crippen molar-refractivity contribution in [2.45, 2.75) is 0 Å². The quantitative estimate of drug-likeness (QED) is 0.460. The van der Waals surface area contributed by atoms with E-state index >= 15 is 0 Å². The van der Waals surface area contributed by atoms with E-state index in [0.717, 1.165) is 9.86 Å². The maximum atomic E-state index is 12.5. The Morgan fingerprint density at radius 2 is 2.07 bits per heavy atom. The van der Waals surface area contributed by atoms with Gasteiger partial charge in [0.25, 0.3) is 5.56 Å². The summed E-state index contributed by atoms with van der Waals surface area (Å²) in [7, 11) is 3.62. The van der Waals surface area contributed by atoms with Crippen molar-refractivity contribution in [1.29, 1.82) is 0 Å². The highest BCUT2D eigenvalue weighted by Crippen LogP contribution is 2.32. The molecule has 2 aromatic carbocycles. The van der Waals surface area contributed by atoms with Crippen molar-refractivity contribution in [3.05, 3.63) is 56.2 Å². The van der Waals surface area contributed by atoms with Crippen LogP contribution in [0.4, 0.5) is 5.69 Å². The topological polar surface area (TPSA) is 91.2 Å². The van der Waals surface area contributed by atoms with Gasteiger partial charge in [-0.25, -0.2) is 4.98 Å². The van der Waals surface area contributed by atoms with E-state index in [9.17, 15) is 9.59 Å². The Kier molecular flexibility index (Phi) is 5.16. The van der Waals surface area contributed by atoms with Gasteiger partial charge in [-0.1, -0.05) is 27.5 Å². The van der Waals surface area contributed by atoms with Crippen LogP contribution in [0.25, 0.3) is 33.5 Å². The zero-order valence-electron chi connectivity index (χ0n) is 15.5. The molecule has 2 N–H and O–H groups in total. The number of benzene rings is 2. The highest BCUT2D eigenvalue weighted by molar-refractivity contribution is 9.10. The van der Waals surface area contributed by atoms with E-state index in [1.165, 1.54) is 0 Å². The summed E-state index contributed by atoms with van der Waals surface area (Å²) in [6, 6.07) is 10.5. The molecule has 4 aromatic rings. The number of halogens is 2. The first-order valence-electron chi connectivity index (χ1n) is 8.68. The van der Waals surface area contributed by atoms with Crippen molar-refractivity contribution in [3.63, 3.8) is 0 Å². The van der Waals surface area contributed by atoms with Gasteiger partial charge in [0.15, 0.2) is 0 Å². The number of anilines is 1. The number of aromatic amines is 1. The van der Waals surface area contributed by atoms with Crippen LogP contribution in [0.3, 0.4) is 0 Å². The first-order valence-corrected chi connectivity index (χ1v) is 9.85. The molecule has 0 aliphatic rings. The molecule has 2 aromatic heterocycles. The maximum absolute atomic E-state index is 12.5. The predicted molar refractivity (Wildman–Crippen MR) is 117 cm³/mol. The average molecular weight is 476 g/mol. The lowest BCUT2D eigenvalue weighted by Crippen LogP contribution is -2.27. The Balaban J connectivity index is 1.76. The van der Waals surface area contributed by atoms with E-state index < -0.39 is 5.56 Å². The third-order valence-corrected chi connectivity index (χ3v) is 5.06. The van der Waals surface area contributed by atoms with Crippen LogP contribution < -0.4 is 10.9 Å². The minimum absolute atomic E-state index is 0.151. The maximum Gasteiger partial charge on any atom is 0.294 e. The van der Waals surface area contributed by atoms with Crippen molar-refractivity contribution < 1.29 is 9.21 Å². The van der Waals surface area contributed by atoms with Gasteiger partial charge < -0.3 is 19.6 Å². The molecule has 0 unspecified atom stereocenters. The number of hydrogen-bond donors (Lipinski definition) is 2. The SMILES string of the molecule is CN(C)CC(=O)Nc1ccc(-c2nc3c(oc4ccc(Br)cc43)c(=O)[nH]2)c(Cl)c1. The van der Waals surface area contributed by atoms with Crippen LogP contribution in [0.2, 0.25) is 5.02 Å². The summed E-state index contributed by atoms with van der Waals surface area (Å²) in [6.45, 7) is 0.258.